The van der Waals surface area contributed by atoms with Crippen LogP contribution in [0.5, 0.6) is 5.75 Å². The van der Waals surface area contributed by atoms with Gasteiger partial charge in [-0.15, -0.1) is 0 Å². The van der Waals surface area contributed by atoms with E-state index in [1.165, 1.54) is 0 Å². The molecule has 1 aliphatic carbocycles. The van der Waals surface area contributed by atoms with Crippen molar-refractivity contribution in [1.82, 2.24) is 0 Å². The fourth-order valence-corrected chi connectivity index (χ4v) is 3.65. The summed E-state index contributed by atoms with van der Waals surface area (Å²) in [4.78, 5) is 11.8. The average molecular weight is 404 g/mol. The Kier molecular flexibility index (Phi) is 6.29. The van der Waals surface area contributed by atoms with Gasteiger partial charge in [0.05, 0.1) is 32.3 Å². The van der Waals surface area contributed by atoms with Gasteiger partial charge in [0.1, 0.15) is 5.75 Å². The number of carbonyl (C=O) groups is 1. The fourth-order valence-electron chi connectivity index (χ4n) is 2.54. The van der Waals surface area contributed by atoms with Crippen molar-refractivity contribution in [3.8, 4) is 5.75 Å². The third kappa shape index (κ3) is 4.57. The Balaban J connectivity index is 1.87. The van der Waals surface area contributed by atoms with E-state index in [2.05, 4.69) is 22.6 Å². The second kappa shape index (κ2) is 7.98. The first-order valence-electron chi connectivity index (χ1n) is 7.19. The third-order valence-electron chi connectivity index (χ3n) is 3.65. The van der Waals surface area contributed by atoms with Gasteiger partial charge < -0.3 is 14.2 Å². The molecule has 0 aliphatic heterocycles. The first-order chi connectivity index (χ1) is 10.1. The summed E-state index contributed by atoms with van der Waals surface area (Å²) in [7, 11) is 1.65. The Hall–Kier alpha value is -0.820. The van der Waals surface area contributed by atoms with E-state index in [0.29, 0.717) is 17.1 Å². The highest BCUT2D eigenvalue weighted by molar-refractivity contribution is 14.1. The van der Waals surface area contributed by atoms with E-state index in [9.17, 15) is 4.79 Å². The van der Waals surface area contributed by atoms with Gasteiger partial charge in [-0.25, -0.2) is 0 Å². The summed E-state index contributed by atoms with van der Waals surface area (Å²) >= 11 is 2.37. The maximum atomic E-state index is 11.8. The maximum absolute atomic E-state index is 11.8. The predicted octanol–water partition coefficient (Wildman–Crippen LogP) is 3.36. The maximum Gasteiger partial charge on any atom is 0.309 e. The molecule has 21 heavy (non-hydrogen) atoms. The molecular formula is C16H21IO4. The molecule has 0 aromatic heterocycles. The molecule has 0 spiro atoms. The number of benzene rings is 1. The molecule has 1 saturated carbocycles. The number of alkyl halides is 1. The lowest BCUT2D eigenvalue weighted by Crippen LogP contribution is -2.18. The van der Waals surface area contributed by atoms with Gasteiger partial charge in [0.15, 0.2) is 0 Å². The van der Waals surface area contributed by atoms with Crippen LogP contribution < -0.4 is 4.74 Å². The van der Waals surface area contributed by atoms with Crippen molar-refractivity contribution >= 4 is 28.6 Å². The number of methoxy groups -OCH3 is 1. The summed E-state index contributed by atoms with van der Waals surface area (Å²) in [5.74, 6) is 0.715. The highest BCUT2D eigenvalue weighted by Crippen LogP contribution is 2.35. The van der Waals surface area contributed by atoms with Crippen molar-refractivity contribution in [2.75, 3.05) is 13.7 Å². The summed E-state index contributed by atoms with van der Waals surface area (Å²) in [6.07, 6.45) is 1.68. The standard InChI is InChI=1S/C16H21IO4/c1-3-20-16(18)12-8-14(17)15(9-12)21-10-11-5-4-6-13(7-11)19-2/h4-7,12,14-15H,3,8-10H2,1-2H3. The normalized spacial score (nSPS) is 24.8. The van der Waals surface area contributed by atoms with Gasteiger partial charge in [0.2, 0.25) is 0 Å². The lowest BCUT2D eigenvalue weighted by Gasteiger charge is -2.15. The summed E-state index contributed by atoms with van der Waals surface area (Å²) < 4.78 is 16.6. The fraction of sp³-hybridized carbons (Fsp3) is 0.562. The average Bonchev–Trinajstić information content (AvgIpc) is 2.87. The van der Waals surface area contributed by atoms with E-state index >= 15 is 0 Å². The van der Waals surface area contributed by atoms with E-state index in [1.807, 2.05) is 31.2 Å². The number of ether oxygens (including phenoxy) is 3. The van der Waals surface area contributed by atoms with Gasteiger partial charge in [0, 0.05) is 3.92 Å². The highest BCUT2D eigenvalue weighted by atomic mass is 127. The smallest absolute Gasteiger partial charge is 0.309 e. The third-order valence-corrected chi connectivity index (χ3v) is 4.96. The Labute approximate surface area is 139 Å². The molecule has 1 aliphatic rings. The summed E-state index contributed by atoms with van der Waals surface area (Å²) in [6.45, 7) is 2.82. The van der Waals surface area contributed by atoms with Crippen LogP contribution >= 0.6 is 22.6 Å². The first-order valence-corrected chi connectivity index (χ1v) is 8.43. The zero-order valence-corrected chi connectivity index (χ0v) is 14.5. The highest BCUT2D eigenvalue weighted by Gasteiger charge is 2.37. The monoisotopic (exact) mass is 404 g/mol. The largest absolute Gasteiger partial charge is 0.497 e. The molecule has 5 heteroatoms. The van der Waals surface area contributed by atoms with Crippen LogP contribution in [-0.2, 0) is 20.9 Å². The molecule has 3 atom stereocenters. The lowest BCUT2D eigenvalue weighted by atomic mass is 10.1. The van der Waals surface area contributed by atoms with Crippen LogP contribution in [0.15, 0.2) is 24.3 Å². The summed E-state index contributed by atoms with van der Waals surface area (Å²) in [5.41, 5.74) is 1.08. The van der Waals surface area contributed by atoms with E-state index in [0.717, 1.165) is 24.2 Å². The molecule has 0 saturated heterocycles. The Morgan fingerprint density at radius 2 is 2.19 bits per heavy atom. The zero-order chi connectivity index (χ0) is 15.2. The number of hydrogen-bond acceptors (Lipinski definition) is 4. The summed E-state index contributed by atoms with van der Waals surface area (Å²) in [6, 6.07) is 7.86. The Morgan fingerprint density at radius 1 is 1.38 bits per heavy atom. The van der Waals surface area contributed by atoms with E-state index in [-0.39, 0.29) is 18.0 Å². The van der Waals surface area contributed by atoms with Crippen LogP contribution in [0.2, 0.25) is 0 Å². The van der Waals surface area contributed by atoms with Crippen LogP contribution in [0, 0.1) is 5.92 Å². The molecular weight excluding hydrogens is 383 g/mol. The number of rotatable bonds is 6. The topological polar surface area (TPSA) is 44.8 Å². The molecule has 0 heterocycles. The minimum absolute atomic E-state index is 0.0258. The Bertz CT molecular complexity index is 477. The quantitative estimate of drug-likeness (QED) is 0.415. The van der Waals surface area contributed by atoms with Crippen molar-refractivity contribution in [1.29, 1.82) is 0 Å². The van der Waals surface area contributed by atoms with Crippen molar-refractivity contribution in [2.45, 2.75) is 36.4 Å². The molecule has 0 bridgehead atoms. The number of hydrogen-bond donors (Lipinski definition) is 0. The van der Waals surface area contributed by atoms with Crippen molar-refractivity contribution in [2.24, 2.45) is 5.92 Å². The van der Waals surface area contributed by atoms with E-state index < -0.39 is 0 Å². The van der Waals surface area contributed by atoms with Crippen molar-refractivity contribution in [3.63, 3.8) is 0 Å². The van der Waals surface area contributed by atoms with Crippen molar-refractivity contribution in [3.05, 3.63) is 29.8 Å². The minimum Gasteiger partial charge on any atom is -0.497 e. The first kappa shape index (κ1) is 16.5. The van der Waals surface area contributed by atoms with Gasteiger partial charge in [0.25, 0.3) is 0 Å². The molecule has 116 valence electrons. The number of carbonyl (C=O) groups excluding carboxylic acids is 1. The van der Waals surface area contributed by atoms with E-state index in [1.54, 1.807) is 7.11 Å². The zero-order valence-electron chi connectivity index (χ0n) is 12.4. The second-order valence-corrected chi connectivity index (χ2v) is 6.74. The van der Waals surface area contributed by atoms with Gasteiger partial charge in [-0.2, -0.15) is 0 Å². The molecule has 0 radical (unpaired) electrons. The molecule has 2 rings (SSSR count). The van der Waals surface area contributed by atoms with Gasteiger partial charge in [-0.1, -0.05) is 34.7 Å². The predicted molar refractivity (Wildman–Crippen MR) is 88.7 cm³/mol. The second-order valence-electron chi connectivity index (χ2n) is 5.14. The number of esters is 1. The van der Waals surface area contributed by atoms with Gasteiger partial charge in [-0.05, 0) is 37.5 Å². The SMILES string of the molecule is CCOC(=O)C1CC(I)C(OCc2cccc(OC)c2)C1. The van der Waals surface area contributed by atoms with Gasteiger partial charge in [-0.3, -0.25) is 4.79 Å². The van der Waals surface area contributed by atoms with E-state index in [4.69, 9.17) is 14.2 Å². The Morgan fingerprint density at radius 3 is 2.90 bits per heavy atom. The van der Waals surface area contributed by atoms with Crippen LogP contribution in [0.4, 0.5) is 0 Å². The minimum atomic E-state index is -0.0911. The van der Waals surface area contributed by atoms with Gasteiger partial charge >= 0.3 is 5.97 Å². The molecule has 1 fully saturated rings. The number of halogens is 1. The lowest BCUT2D eigenvalue weighted by molar-refractivity contribution is -0.148. The van der Waals surface area contributed by atoms with Crippen molar-refractivity contribution < 1.29 is 19.0 Å². The van der Waals surface area contributed by atoms with Crippen LogP contribution in [0.25, 0.3) is 0 Å². The molecule has 1 aromatic carbocycles. The molecule has 0 amide bonds. The molecule has 4 nitrogen and oxygen atoms in total. The molecule has 1 aromatic rings. The van der Waals surface area contributed by atoms with Crippen LogP contribution in [0.1, 0.15) is 25.3 Å². The molecule has 3 unspecified atom stereocenters. The van der Waals surface area contributed by atoms with Crippen LogP contribution in [0.3, 0.4) is 0 Å². The molecule has 0 N–H and O–H groups in total. The summed E-state index contributed by atoms with van der Waals surface area (Å²) in [5, 5.41) is 0. The van der Waals surface area contributed by atoms with Crippen LogP contribution in [-0.4, -0.2) is 29.7 Å².